The zero-order valence-electron chi connectivity index (χ0n) is 13.0. The average molecular weight is 307 g/mol. The molecule has 1 N–H and O–H groups in total. The summed E-state index contributed by atoms with van der Waals surface area (Å²) >= 11 is 0. The van der Waals surface area contributed by atoms with Gasteiger partial charge in [0.25, 0.3) is 0 Å². The minimum absolute atomic E-state index is 0.168. The third kappa shape index (κ3) is 5.45. The number of carbonyl (C=O) groups is 1. The maximum Gasteiger partial charge on any atom is 0.223 e. The van der Waals surface area contributed by atoms with Crippen molar-refractivity contribution < 1.29 is 19.0 Å². The van der Waals surface area contributed by atoms with Crippen molar-refractivity contribution in [3.05, 3.63) is 12.2 Å². The average Bonchev–Trinajstić information content (AvgIpc) is 3.15. The molecule has 3 atom stereocenters. The smallest absolute Gasteiger partial charge is 0.223 e. The van der Waals surface area contributed by atoms with Crippen molar-refractivity contribution in [1.82, 2.24) is 5.32 Å². The van der Waals surface area contributed by atoms with Crippen LogP contribution in [0.2, 0.25) is 0 Å². The van der Waals surface area contributed by atoms with E-state index in [0.29, 0.717) is 58.0 Å². The fourth-order valence-electron chi connectivity index (χ4n) is 3.03. The van der Waals surface area contributed by atoms with Crippen LogP contribution < -0.4 is 5.32 Å². The standard InChI is InChI=1S/C17H25NO4/c1-2-6-20-8-10-22-11-9-21-7-5-18-17(19)16-13-14-3-4-15(16)12-14/h1,3-4,14-16H,5-13H2,(H,18,19). The summed E-state index contributed by atoms with van der Waals surface area (Å²) in [5.41, 5.74) is 0. The predicted molar refractivity (Wildman–Crippen MR) is 83.1 cm³/mol. The van der Waals surface area contributed by atoms with Gasteiger partial charge in [0.2, 0.25) is 5.91 Å². The highest BCUT2D eigenvalue weighted by Crippen LogP contribution is 2.43. The Morgan fingerprint density at radius 2 is 1.82 bits per heavy atom. The minimum atomic E-state index is 0.168. The fraction of sp³-hybridized carbons (Fsp3) is 0.706. The maximum atomic E-state index is 12.0. The molecule has 22 heavy (non-hydrogen) atoms. The molecule has 0 saturated heterocycles. The van der Waals surface area contributed by atoms with Crippen LogP contribution in [0.1, 0.15) is 12.8 Å². The van der Waals surface area contributed by atoms with Crippen molar-refractivity contribution in [2.75, 3.05) is 46.2 Å². The third-order valence-electron chi connectivity index (χ3n) is 4.09. The van der Waals surface area contributed by atoms with Gasteiger partial charge >= 0.3 is 0 Å². The Balaban J connectivity index is 1.38. The molecule has 0 aromatic carbocycles. The third-order valence-corrected chi connectivity index (χ3v) is 4.09. The van der Waals surface area contributed by atoms with E-state index in [-0.39, 0.29) is 11.8 Å². The van der Waals surface area contributed by atoms with Crippen LogP contribution in [0.5, 0.6) is 0 Å². The molecule has 0 aromatic heterocycles. The van der Waals surface area contributed by atoms with Crippen molar-refractivity contribution in [2.24, 2.45) is 17.8 Å². The predicted octanol–water partition coefficient (Wildman–Crippen LogP) is 0.998. The van der Waals surface area contributed by atoms with Crippen molar-refractivity contribution in [3.8, 4) is 12.3 Å². The van der Waals surface area contributed by atoms with Crippen molar-refractivity contribution in [3.63, 3.8) is 0 Å². The second kappa shape index (κ2) is 9.62. The lowest BCUT2D eigenvalue weighted by Gasteiger charge is -2.17. The van der Waals surface area contributed by atoms with Crippen LogP contribution in [0.25, 0.3) is 0 Å². The second-order valence-corrected chi connectivity index (χ2v) is 5.66. The van der Waals surface area contributed by atoms with E-state index in [4.69, 9.17) is 20.6 Å². The van der Waals surface area contributed by atoms with Crippen LogP contribution in [0.4, 0.5) is 0 Å². The lowest BCUT2D eigenvalue weighted by molar-refractivity contribution is -0.126. The number of amides is 1. The normalized spacial score (nSPS) is 25.3. The molecule has 0 spiro atoms. The fourth-order valence-corrected chi connectivity index (χ4v) is 3.03. The monoisotopic (exact) mass is 307 g/mol. The van der Waals surface area contributed by atoms with E-state index in [0.717, 1.165) is 12.8 Å². The van der Waals surface area contributed by atoms with Gasteiger partial charge < -0.3 is 19.5 Å². The van der Waals surface area contributed by atoms with Gasteiger partial charge in [0, 0.05) is 12.5 Å². The van der Waals surface area contributed by atoms with Gasteiger partial charge in [-0.2, -0.15) is 0 Å². The van der Waals surface area contributed by atoms with Gasteiger partial charge in [-0.25, -0.2) is 0 Å². The molecule has 2 aliphatic rings. The number of ether oxygens (including phenoxy) is 3. The van der Waals surface area contributed by atoms with Gasteiger partial charge in [0.15, 0.2) is 0 Å². The first kappa shape index (κ1) is 17.0. The molecule has 0 radical (unpaired) electrons. The van der Waals surface area contributed by atoms with Gasteiger partial charge in [-0.1, -0.05) is 18.1 Å². The molecule has 1 amide bonds. The molecule has 5 heteroatoms. The quantitative estimate of drug-likeness (QED) is 0.351. The Kier molecular flexibility index (Phi) is 7.44. The summed E-state index contributed by atoms with van der Waals surface area (Å²) < 4.78 is 15.8. The molecule has 2 rings (SSSR count). The van der Waals surface area contributed by atoms with E-state index in [1.54, 1.807) is 0 Å². The maximum absolute atomic E-state index is 12.0. The molecular formula is C17H25NO4. The summed E-state index contributed by atoms with van der Waals surface area (Å²) in [5, 5.41) is 2.96. The van der Waals surface area contributed by atoms with Crippen LogP contribution in [-0.4, -0.2) is 52.1 Å². The molecular weight excluding hydrogens is 282 g/mol. The van der Waals surface area contributed by atoms with Gasteiger partial charge in [-0.05, 0) is 24.7 Å². The summed E-state index contributed by atoms with van der Waals surface area (Å²) in [6, 6.07) is 0. The topological polar surface area (TPSA) is 56.8 Å². The van der Waals surface area contributed by atoms with Crippen LogP contribution in [-0.2, 0) is 19.0 Å². The molecule has 3 unspecified atom stereocenters. The number of hydrogen-bond donors (Lipinski definition) is 1. The zero-order chi connectivity index (χ0) is 15.6. The first-order valence-corrected chi connectivity index (χ1v) is 7.94. The number of nitrogens with one attached hydrogen (secondary N) is 1. The first-order valence-electron chi connectivity index (χ1n) is 7.94. The van der Waals surface area contributed by atoms with Crippen LogP contribution in [0.15, 0.2) is 12.2 Å². The number of carbonyl (C=O) groups excluding carboxylic acids is 1. The number of fused-ring (bicyclic) bond motifs is 2. The lowest BCUT2D eigenvalue weighted by Crippen LogP contribution is -2.35. The Labute approximate surface area is 132 Å². The van der Waals surface area contributed by atoms with Gasteiger partial charge in [-0.15, -0.1) is 6.42 Å². The van der Waals surface area contributed by atoms with Crippen molar-refractivity contribution >= 4 is 5.91 Å². The molecule has 2 aliphatic carbocycles. The Hall–Kier alpha value is -1.35. The Morgan fingerprint density at radius 1 is 1.09 bits per heavy atom. The second-order valence-electron chi connectivity index (χ2n) is 5.66. The van der Waals surface area contributed by atoms with E-state index in [1.807, 2.05) is 0 Å². The molecule has 1 saturated carbocycles. The Morgan fingerprint density at radius 3 is 2.45 bits per heavy atom. The molecule has 122 valence electrons. The van der Waals surface area contributed by atoms with Gasteiger partial charge in [0.1, 0.15) is 6.61 Å². The highest BCUT2D eigenvalue weighted by atomic mass is 16.5. The molecule has 2 bridgehead atoms. The largest absolute Gasteiger partial charge is 0.377 e. The highest BCUT2D eigenvalue weighted by molar-refractivity contribution is 5.79. The summed E-state index contributed by atoms with van der Waals surface area (Å²) in [6.45, 7) is 3.43. The van der Waals surface area contributed by atoms with Gasteiger partial charge in [0.05, 0.1) is 33.0 Å². The van der Waals surface area contributed by atoms with Crippen LogP contribution in [0, 0.1) is 30.1 Å². The lowest BCUT2D eigenvalue weighted by atomic mass is 9.93. The van der Waals surface area contributed by atoms with Gasteiger partial charge in [-0.3, -0.25) is 4.79 Å². The molecule has 1 fully saturated rings. The van der Waals surface area contributed by atoms with Crippen molar-refractivity contribution in [1.29, 1.82) is 0 Å². The molecule has 0 heterocycles. The van der Waals surface area contributed by atoms with Crippen LogP contribution in [0.3, 0.4) is 0 Å². The van der Waals surface area contributed by atoms with Crippen LogP contribution >= 0.6 is 0 Å². The molecule has 0 aliphatic heterocycles. The summed E-state index contributed by atoms with van der Waals surface area (Å²) in [5.74, 6) is 3.81. The summed E-state index contributed by atoms with van der Waals surface area (Å²) in [7, 11) is 0. The number of hydrogen-bond acceptors (Lipinski definition) is 4. The van der Waals surface area contributed by atoms with E-state index in [1.165, 1.54) is 0 Å². The number of allylic oxidation sites excluding steroid dienone is 2. The van der Waals surface area contributed by atoms with E-state index in [2.05, 4.69) is 23.4 Å². The van der Waals surface area contributed by atoms with E-state index in [9.17, 15) is 4.79 Å². The SMILES string of the molecule is C#CCOCCOCCOCCNC(=O)C1CC2C=CC1C2. The van der Waals surface area contributed by atoms with Crippen molar-refractivity contribution in [2.45, 2.75) is 12.8 Å². The minimum Gasteiger partial charge on any atom is -0.377 e. The van der Waals surface area contributed by atoms with E-state index < -0.39 is 0 Å². The highest BCUT2D eigenvalue weighted by Gasteiger charge is 2.39. The zero-order valence-corrected chi connectivity index (χ0v) is 13.0. The Bertz CT molecular complexity index is 415. The van der Waals surface area contributed by atoms with E-state index >= 15 is 0 Å². The molecule has 5 nitrogen and oxygen atoms in total. The molecule has 0 aromatic rings. The first-order chi connectivity index (χ1) is 10.8. The summed E-state index contributed by atoms with van der Waals surface area (Å²) in [4.78, 5) is 12.0. The summed E-state index contributed by atoms with van der Waals surface area (Å²) in [6.07, 6.45) is 11.6. The number of rotatable bonds is 11. The number of terminal acetylenes is 1.